The number of amides is 1. The van der Waals surface area contributed by atoms with Gasteiger partial charge in [-0.15, -0.1) is 0 Å². The van der Waals surface area contributed by atoms with E-state index in [0.717, 1.165) is 44.9 Å². The SMILES string of the molecule is Cc1ccc(C(=O)NC2CCC(N)CC2)cc1S(=O)(=O)N1CCCCC1. The number of nitrogens with zero attached hydrogens (tertiary/aromatic N) is 1. The molecule has 0 aromatic heterocycles. The van der Waals surface area contributed by atoms with Crippen LogP contribution in [0, 0.1) is 6.92 Å². The minimum atomic E-state index is -3.55. The second-order valence-electron chi connectivity index (χ2n) is 7.53. The molecule has 7 heteroatoms. The lowest BCUT2D eigenvalue weighted by Gasteiger charge is -2.27. The van der Waals surface area contributed by atoms with Gasteiger partial charge in [0.25, 0.3) is 5.91 Å². The van der Waals surface area contributed by atoms with E-state index in [1.54, 1.807) is 23.4 Å². The molecule has 1 saturated heterocycles. The Morgan fingerprint density at radius 1 is 1.12 bits per heavy atom. The first kappa shape index (κ1) is 19.3. The molecule has 1 heterocycles. The molecule has 1 amide bonds. The Morgan fingerprint density at radius 3 is 2.42 bits per heavy atom. The smallest absolute Gasteiger partial charge is 0.251 e. The molecule has 0 atom stereocenters. The minimum absolute atomic E-state index is 0.116. The zero-order valence-corrected chi connectivity index (χ0v) is 16.2. The summed E-state index contributed by atoms with van der Waals surface area (Å²) in [6.07, 6.45) is 6.42. The van der Waals surface area contributed by atoms with Gasteiger partial charge in [-0.05, 0) is 63.1 Å². The van der Waals surface area contributed by atoms with Gasteiger partial charge in [0, 0.05) is 30.7 Å². The molecule has 1 saturated carbocycles. The van der Waals surface area contributed by atoms with Crippen LogP contribution in [0.4, 0.5) is 0 Å². The average Bonchev–Trinajstić information content (AvgIpc) is 2.64. The van der Waals surface area contributed by atoms with Crippen molar-refractivity contribution in [3.8, 4) is 0 Å². The Morgan fingerprint density at radius 2 is 1.77 bits per heavy atom. The molecule has 1 aromatic rings. The molecule has 0 bridgehead atoms. The lowest BCUT2D eigenvalue weighted by molar-refractivity contribution is 0.0925. The van der Waals surface area contributed by atoms with Gasteiger partial charge in [-0.2, -0.15) is 4.31 Å². The Bertz CT molecular complexity index is 749. The molecule has 26 heavy (non-hydrogen) atoms. The van der Waals surface area contributed by atoms with Gasteiger partial charge in [0.05, 0.1) is 4.90 Å². The van der Waals surface area contributed by atoms with Crippen LogP contribution in [-0.2, 0) is 10.0 Å². The van der Waals surface area contributed by atoms with Crippen LogP contribution >= 0.6 is 0 Å². The molecule has 2 aliphatic rings. The second-order valence-corrected chi connectivity index (χ2v) is 9.44. The molecule has 0 radical (unpaired) electrons. The van der Waals surface area contributed by atoms with Crippen LogP contribution < -0.4 is 11.1 Å². The number of carbonyl (C=O) groups excluding carboxylic acids is 1. The van der Waals surface area contributed by atoms with Gasteiger partial charge in [-0.1, -0.05) is 12.5 Å². The molecule has 144 valence electrons. The van der Waals surface area contributed by atoms with Gasteiger partial charge in [0.2, 0.25) is 10.0 Å². The summed E-state index contributed by atoms with van der Waals surface area (Å²) in [6.45, 7) is 2.89. The summed E-state index contributed by atoms with van der Waals surface area (Å²) in [7, 11) is -3.55. The van der Waals surface area contributed by atoms with E-state index in [1.807, 2.05) is 0 Å². The highest BCUT2D eigenvalue weighted by Crippen LogP contribution is 2.25. The standard InChI is InChI=1S/C19H29N3O3S/c1-14-5-6-15(19(23)21-17-9-7-16(20)8-10-17)13-18(14)26(24,25)22-11-3-2-4-12-22/h5-6,13,16-17H,2-4,7-12,20H2,1H3,(H,21,23). The van der Waals surface area contributed by atoms with Crippen LogP contribution in [0.5, 0.6) is 0 Å². The molecule has 0 spiro atoms. The molecular formula is C19H29N3O3S. The van der Waals surface area contributed by atoms with E-state index in [9.17, 15) is 13.2 Å². The number of piperidine rings is 1. The number of aryl methyl sites for hydroxylation is 1. The van der Waals surface area contributed by atoms with Crippen LogP contribution in [0.15, 0.2) is 23.1 Å². The van der Waals surface area contributed by atoms with Crippen molar-refractivity contribution in [2.45, 2.75) is 68.8 Å². The van der Waals surface area contributed by atoms with Crippen LogP contribution in [-0.4, -0.2) is 43.8 Å². The first-order valence-corrected chi connectivity index (χ1v) is 11.0. The van der Waals surface area contributed by atoms with Gasteiger partial charge in [-0.25, -0.2) is 8.42 Å². The Kier molecular flexibility index (Phi) is 5.99. The Labute approximate surface area is 156 Å². The molecule has 1 aliphatic heterocycles. The van der Waals surface area contributed by atoms with E-state index in [1.165, 1.54) is 6.07 Å². The topological polar surface area (TPSA) is 92.5 Å². The van der Waals surface area contributed by atoms with Crippen LogP contribution in [0.1, 0.15) is 60.9 Å². The van der Waals surface area contributed by atoms with E-state index >= 15 is 0 Å². The summed E-state index contributed by atoms with van der Waals surface area (Å²) in [5.41, 5.74) is 6.99. The lowest BCUT2D eigenvalue weighted by Crippen LogP contribution is -2.40. The maximum atomic E-state index is 13.0. The number of rotatable bonds is 4. The van der Waals surface area contributed by atoms with Crippen molar-refractivity contribution in [1.29, 1.82) is 0 Å². The summed E-state index contributed by atoms with van der Waals surface area (Å²) in [6, 6.07) is 5.30. The van der Waals surface area contributed by atoms with Crippen LogP contribution in [0.3, 0.4) is 0 Å². The largest absolute Gasteiger partial charge is 0.349 e. The van der Waals surface area contributed by atoms with Crippen molar-refractivity contribution in [2.75, 3.05) is 13.1 Å². The summed E-state index contributed by atoms with van der Waals surface area (Å²) in [4.78, 5) is 12.9. The molecule has 3 rings (SSSR count). The zero-order chi connectivity index (χ0) is 18.7. The number of hydrogen-bond acceptors (Lipinski definition) is 4. The minimum Gasteiger partial charge on any atom is -0.349 e. The van der Waals surface area contributed by atoms with E-state index < -0.39 is 10.0 Å². The molecule has 1 aromatic carbocycles. The molecule has 6 nitrogen and oxygen atoms in total. The lowest BCUT2D eigenvalue weighted by atomic mass is 9.91. The van der Waals surface area contributed by atoms with Crippen LogP contribution in [0.25, 0.3) is 0 Å². The fourth-order valence-corrected chi connectivity index (χ4v) is 5.56. The van der Waals surface area contributed by atoms with Crippen molar-refractivity contribution in [1.82, 2.24) is 9.62 Å². The average molecular weight is 380 g/mol. The highest BCUT2D eigenvalue weighted by Gasteiger charge is 2.28. The zero-order valence-electron chi connectivity index (χ0n) is 15.4. The van der Waals surface area contributed by atoms with Gasteiger partial charge < -0.3 is 11.1 Å². The maximum absolute atomic E-state index is 13.0. The van der Waals surface area contributed by atoms with E-state index in [0.29, 0.717) is 24.2 Å². The summed E-state index contributed by atoms with van der Waals surface area (Å²) in [5.74, 6) is -0.208. The quantitative estimate of drug-likeness (QED) is 0.838. The van der Waals surface area contributed by atoms with E-state index in [-0.39, 0.29) is 22.9 Å². The second kappa shape index (κ2) is 8.06. The predicted octanol–water partition coefficient (Wildman–Crippen LogP) is 2.17. The third-order valence-corrected chi connectivity index (χ3v) is 7.53. The molecular weight excluding hydrogens is 350 g/mol. The monoisotopic (exact) mass is 379 g/mol. The molecule has 1 aliphatic carbocycles. The van der Waals surface area contributed by atoms with Crippen molar-refractivity contribution in [3.63, 3.8) is 0 Å². The number of nitrogens with one attached hydrogen (secondary N) is 1. The number of hydrogen-bond donors (Lipinski definition) is 2. The first-order valence-electron chi connectivity index (χ1n) is 9.55. The van der Waals surface area contributed by atoms with Crippen molar-refractivity contribution < 1.29 is 13.2 Å². The van der Waals surface area contributed by atoms with Crippen molar-refractivity contribution >= 4 is 15.9 Å². The molecule has 3 N–H and O–H groups in total. The Hall–Kier alpha value is -1.44. The fraction of sp³-hybridized carbons (Fsp3) is 0.632. The molecule has 0 unspecified atom stereocenters. The van der Waals surface area contributed by atoms with E-state index in [2.05, 4.69) is 5.32 Å². The van der Waals surface area contributed by atoms with Crippen LogP contribution in [0.2, 0.25) is 0 Å². The van der Waals surface area contributed by atoms with Crippen molar-refractivity contribution in [2.24, 2.45) is 5.73 Å². The maximum Gasteiger partial charge on any atom is 0.251 e. The highest BCUT2D eigenvalue weighted by molar-refractivity contribution is 7.89. The highest BCUT2D eigenvalue weighted by atomic mass is 32.2. The summed E-state index contributed by atoms with van der Waals surface area (Å²) in [5, 5.41) is 3.03. The Balaban J connectivity index is 1.77. The third kappa shape index (κ3) is 4.27. The van der Waals surface area contributed by atoms with Gasteiger partial charge in [0.15, 0.2) is 0 Å². The normalized spacial score (nSPS) is 25.0. The van der Waals surface area contributed by atoms with Gasteiger partial charge in [0.1, 0.15) is 0 Å². The fourth-order valence-electron chi connectivity index (χ4n) is 3.80. The third-order valence-electron chi connectivity index (χ3n) is 5.49. The summed E-state index contributed by atoms with van der Waals surface area (Å²) >= 11 is 0. The summed E-state index contributed by atoms with van der Waals surface area (Å²) < 4.78 is 27.5. The number of nitrogens with two attached hydrogens (primary N) is 1. The van der Waals surface area contributed by atoms with Gasteiger partial charge >= 0.3 is 0 Å². The first-order chi connectivity index (χ1) is 12.4. The van der Waals surface area contributed by atoms with Crippen molar-refractivity contribution in [3.05, 3.63) is 29.3 Å². The van der Waals surface area contributed by atoms with E-state index in [4.69, 9.17) is 5.73 Å². The van der Waals surface area contributed by atoms with Gasteiger partial charge in [-0.3, -0.25) is 4.79 Å². The predicted molar refractivity (Wildman–Crippen MR) is 101 cm³/mol. The molecule has 2 fully saturated rings. The number of sulfonamides is 1. The number of carbonyl (C=O) groups is 1. The number of benzene rings is 1.